The molecule has 2 atom stereocenters. The molecule has 0 nitrogen and oxygen atoms in total. The van der Waals surface area contributed by atoms with Crippen LogP contribution in [0, 0.1) is 0 Å². The standard InChI is InChI=1S/2C31H27.C12H9Si.2ClH.Zr/c2*1-31(2,3)29-19-18-24-20-25(22-12-6-4-7-13-22)21-28(24)30(29)27-17-11-10-16-26(27)23-14-8-5-9-15-23;1-3-7-11-9(5-1)10-6-2-4-8-12(10)13-11;;;/h2*4-21H,1-3H3;1-7H,13H2;2*1H;/q;;;;;+2/p-2. The Morgan fingerprint density at radius 2 is 0.705 bits per heavy atom. The van der Waals surface area contributed by atoms with Crippen molar-refractivity contribution in [2.45, 2.75) is 59.6 Å². The number of hydrogen-bond acceptors (Lipinski definition) is 0. The van der Waals surface area contributed by atoms with Crippen LogP contribution in [-0.4, -0.2) is 9.52 Å². The fourth-order valence-corrected chi connectivity index (χ4v) is 40.9. The van der Waals surface area contributed by atoms with Crippen molar-refractivity contribution < 1.29 is 16.4 Å². The van der Waals surface area contributed by atoms with Crippen LogP contribution in [0.3, 0.4) is 0 Å². The van der Waals surface area contributed by atoms with Gasteiger partial charge in [0.2, 0.25) is 0 Å². The Hall–Kier alpha value is -6.64. The molecule has 2 aliphatic carbocycles. The van der Waals surface area contributed by atoms with Crippen LogP contribution in [0.5, 0.6) is 0 Å². The molecule has 10 aromatic carbocycles. The number of hydrogen-bond donors (Lipinski definition) is 0. The molecule has 78 heavy (non-hydrogen) atoms. The molecule has 2 unspecified atom stereocenters. The number of benzene rings is 10. The van der Waals surface area contributed by atoms with Crippen LogP contribution in [0.1, 0.15) is 93.3 Å². The summed E-state index contributed by atoms with van der Waals surface area (Å²) in [7, 11) is 18.8. The van der Waals surface area contributed by atoms with Gasteiger partial charge in [-0.2, -0.15) is 0 Å². The van der Waals surface area contributed by atoms with Gasteiger partial charge in [-0.25, -0.2) is 0 Å². The van der Waals surface area contributed by atoms with E-state index in [4.69, 9.17) is 0 Å². The van der Waals surface area contributed by atoms with Crippen molar-refractivity contribution in [3.05, 3.63) is 281 Å². The molecule has 0 aromatic heterocycles. The van der Waals surface area contributed by atoms with E-state index < -0.39 is 25.9 Å². The van der Waals surface area contributed by atoms with Gasteiger partial charge in [0.15, 0.2) is 0 Å². The second-order valence-electron chi connectivity index (χ2n) is 23.9. The van der Waals surface area contributed by atoms with E-state index in [-0.39, 0.29) is 18.1 Å². The Morgan fingerprint density at radius 3 is 1.13 bits per heavy atom. The van der Waals surface area contributed by atoms with Crippen LogP contribution in [0.4, 0.5) is 0 Å². The Bertz CT molecular complexity index is 3830. The van der Waals surface area contributed by atoms with Gasteiger partial charge in [0.25, 0.3) is 0 Å². The van der Waals surface area contributed by atoms with Crippen LogP contribution in [0.25, 0.3) is 78.9 Å². The van der Waals surface area contributed by atoms with Crippen molar-refractivity contribution in [3.63, 3.8) is 0 Å². The minimum absolute atomic E-state index is 0.199. The van der Waals surface area contributed by atoms with Crippen molar-refractivity contribution in [1.29, 1.82) is 0 Å². The Labute approximate surface area is 472 Å². The van der Waals surface area contributed by atoms with Crippen molar-refractivity contribution >= 4 is 63.5 Å². The van der Waals surface area contributed by atoms with E-state index in [1.165, 1.54) is 114 Å². The molecular formula is C74H63Cl2SiZr. The molecule has 3 aliphatic rings. The molecule has 0 N–H and O–H groups in total. The molecule has 0 radical (unpaired) electrons. The van der Waals surface area contributed by atoms with E-state index in [9.17, 15) is 17.0 Å². The summed E-state index contributed by atoms with van der Waals surface area (Å²) in [6, 6.07) is 87.8. The fraction of sp³-hybridized carbons (Fsp3) is 0.135. The SMILES string of the molecule is CC(C)(C)c1ccc2c(c1-c1ccccc1-c1ccccc1)C=C(c1ccccc1)[CH]2[Zr]([Cl])([Cl])([c]1cccc2c1[SiH2]c1ccccc1-2)[CH]1C(c2ccccc2)=Cc2c1ccc(C(C)(C)C)c2-c1ccccc1-c1ccccc1. The summed E-state index contributed by atoms with van der Waals surface area (Å²) in [4.78, 5) is 0. The van der Waals surface area contributed by atoms with Crippen LogP contribution < -0.4 is 13.6 Å². The first-order valence-electron chi connectivity index (χ1n) is 27.7. The van der Waals surface area contributed by atoms with Gasteiger partial charge >= 0.3 is 476 Å². The van der Waals surface area contributed by atoms with E-state index in [1.54, 1.807) is 0 Å². The van der Waals surface area contributed by atoms with Crippen molar-refractivity contribution in [2.24, 2.45) is 0 Å². The number of halogens is 2. The average Bonchev–Trinajstić information content (AvgIpc) is 3.47. The molecule has 1 heterocycles. The molecule has 0 fully saturated rings. The summed E-state index contributed by atoms with van der Waals surface area (Å²) in [5, 5.41) is 2.85. The van der Waals surface area contributed by atoms with Crippen molar-refractivity contribution in [2.75, 3.05) is 0 Å². The zero-order chi connectivity index (χ0) is 53.6. The third kappa shape index (κ3) is 8.24. The third-order valence-corrected chi connectivity index (χ3v) is 39.7. The molecule has 0 bridgehead atoms. The first-order chi connectivity index (χ1) is 37.7. The Morgan fingerprint density at radius 1 is 0.346 bits per heavy atom. The number of rotatable bonds is 9. The second kappa shape index (κ2) is 19.3. The van der Waals surface area contributed by atoms with E-state index in [0.29, 0.717) is 0 Å². The van der Waals surface area contributed by atoms with Gasteiger partial charge in [-0.15, -0.1) is 0 Å². The van der Waals surface area contributed by atoms with Crippen LogP contribution in [0.2, 0.25) is 0 Å². The topological polar surface area (TPSA) is 0 Å². The maximum absolute atomic E-state index is 9.93. The summed E-state index contributed by atoms with van der Waals surface area (Å²) in [5.41, 5.74) is 24.1. The van der Waals surface area contributed by atoms with E-state index in [0.717, 1.165) is 11.1 Å². The van der Waals surface area contributed by atoms with Crippen LogP contribution in [-0.2, 0) is 27.2 Å². The van der Waals surface area contributed by atoms with Gasteiger partial charge in [-0.3, -0.25) is 0 Å². The minimum atomic E-state index is -6.24. The Balaban J connectivity index is 1.19. The third-order valence-electron chi connectivity index (χ3n) is 17.2. The molecule has 10 aromatic rings. The summed E-state index contributed by atoms with van der Waals surface area (Å²) >= 11 is -6.24. The van der Waals surface area contributed by atoms with E-state index in [1.807, 2.05) is 0 Å². The fourth-order valence-electron chi connectivity index (χ4n) is 13.9. The van der Waals surface area contributed by atoms with Crippen LogP contribution in [0.15, 0.2) is 237 Å². The number of allylic oxidation sites excluding steroid dienone is 2. The van der Waals surface area contributed by atoms with Crippen LogP contribution >= 0.6 is 17.0 Å². The molecule has 4 heteroatoms. The van der Waals surface area contributed by atoms with E-state index in [2.05, 4.69) is 290 Å². The van der Waals surface area contributed by atoms with Gasteiger partial charge < -0.3 is 0 Å². The van der Waals surface area contributed by atoms with Gasteiger partial charge in [0, 0.05) is 0 Å². The molecule has 381 valence electrons. The van der Waals surface area contributed by atoms with Gasteiger partial charge in [-0.05, 0) is 0 Å². The zero-order valence-corrected chi connectivity index (χ0v) is 50.7. The monoisotopic (exact) mass is 1140 g/mol. The quantitative estimate of drug-likeness (QED) is 0.126. The van der Waals surface area contributed by atoms with E-state index >= 15 is 0 Å². The Kier molecular flexibility index (Phi) is 12.6. The normalized spacial score (nSPS) is 16.4. The van der Waals surface area contributed by atoms with Gasteiger partial charge in [0.05, 0.1) is 0 Å². The summed E-state index contributed by atoms with van der Waals surface area (Å²) < 4.78 is 0.480. The molecule has 0 amide bonds. The molecular weight excluding hydrogens is 1080 g/mol. The first-order valence-corrected chi connectivity index (χ1v) is 39.5. The summed E-state index contributed by atoms with van der Waals surface area (Å²) in [5.74, 6) is 0. The zero-order valence-electron chi connectivity index (χ0n) is 45.3. The van der Waals surface area contributed by atoms with Gasteiger partial charge in [-0.1, -0.05) is 0 Å². The molecule has 1 aliphatic heterocycles. The second-order valence-corrected chi connectivity index (χ2v) is 46.4. The van der Waals surface area contributed by atoms with Crippen molar-refractivity contribution in [1.82, 2.24) is 0 Å². The predicted molar refractivity (Wildman–Crippen MR) is 337 cm³/mol. The summed E-state index contributed by atoms with van der Waals surface area (Å²) in [6.45, 7) is 14.1. The van der Waals surface area contributed by atoms with Crippen molar-refractivity contribution in [3.8, 4) is 55.6 Å². The molecule has 0 saturated carbocycles. The average molecular weight is 1140 g/mol. The number of fused-ring (bicyclic) bond motifs is 5. The summed E-state index contributed by atoms with van der Waals surface area (Å²) in [6.07, 6.45) is 5.06. The predicted octanol–water partition coefficient (Wildman–Crippen LogP) is 18.3. The first kappa shape index (κ1) is 50.8. The maximum atomic E-state index is 9.93. The molecule has 13 rings (SSSR count). The molecule has 0 saturated heterocycles. The van der Waals surface area contributed by atoms with Gasteiger partial charge in [0.1, 0.15) is 0 Å². The molecule has 0 spiro atoms.